The molecule has 0 radical (unpaired) electrons. The van der Waals surface area contributed by atoms with Crippen molar-refractivity contribution in [2.75, 3.05) is 17.4 Å². The Labute approximate surface area is 238 Å². The Morgan fingerprint density at radius 3 is 2.20 bits per heavy atom. The van der Waals surface area contributed by atoms with E-state index < -0.39 is 28.5 Å². The van der Waals surface area contributed by atoms with Crippen molar-refractivity contribution in [1.82, 2.24) is 10.2 Å². The highest BCUT2D eigenvalue weighted by atomic mass is 32.2. The number of benzene rings is 3. The highest BCUT2D eigenvalue weighted by molar-refractivity contribution is 7.92. The van der Waals surface area contributed by atoms with Gasteiger partial charge in [0.1, 0.15) is 12.6 Å². The van der Waals surface area contributed by atoms with E-state index in [0.717, 1.165) is 42.4 Å². The summed E-state index contributed by atoms with van der Waals surface area (Å²) in [4.78, 5) is 29.0. The van der Waals surface area contributed by atoms with Crippen molar-refractivity contribution in [2.24, 2.45) is 0 Å². The Hall–Kier alpha value is -3.65. The molecule has 0 heterocycles. The molecule has 3 aromatic carbocycles. The number of rotatable bonds is 11. The lowest BCUT2D eigenvalue weighted by Gasteiger charge is -2.33. The number of amides is 2. The van der Waals surface area contributed by atoms with Gasteiger partial charge < -0.3 is 10.2 Å². The van der Waals surface area contributed by atoms with Gasteiger partial charge in [0.15, 0.2) is 0 Å². The Kier molecular flexibility index (Phi) is 9.63. The predicted molar refractivity (Wildman–Crippen MR) is 159 cm³/mol. The average molecular weight is 562 g/mol. The van der Waals surface area contributed by atoms with Crippen molar-refractivity contribution in [3.05, 3.63) is 95.6 Å². The molecule has 1 N–H and O–H groups in total. The quantitative estimate of drug-likeness (QED) is 0.356. The van der Waals surface area contributed by atoms with Gasteiger partial charge in [-0.05, 0) is 74.9 Å². The van der Waals surface area contributed by atoms with Crippen LogP contribution in [-0.4, -0.2) is 50.3 Å². The van der Waals surface area contributed by atoms with Crippen LogP contribution in [0.15, 0.2) is 83.8 Å². The van der Waals surface area contributed by atoms with Gasteiger partial charge in [-0.1, -0.05) is 73.5 Å². The van der Waals surface area contributed by atoms with E-state index in [0.29, 0.717) is 12.1 Å². The minimum atomic E-state index is -4.07. The fourth-order valence-electron chi connectivity index (χ4n) is 5.18. The zero-order valence-corrected chi connectivity index (χ0v) is 24.4. The summed E-state index contributed by atoms with van der Waals surface area (Å²) >= 11 is 0. The van der Waals surface area contributed by atoms with Crippen molar-refractivity contribution in [3.63, 3.8) is 0 Å². The lowest BCUT2D eigenvalue weighted by molar-refractivity contribution is -0.139. The number of sulfonamides is 1. The number of nitrogens with one attached hydrogen (secondary N) is 1. The fraction of sp³-hybridized carbons (Fsp3) is 0.375. The maximum Gasteiger partial charge on any atom is 0.264 e. The zero-order chi connectivity index (χ0) is 28.7. The van der Waals surface area contributed by atoms with Crippen LogP contribution in [0.2, 0.25) is 0 Å². The van der Waals surface area contributed by atoms with Gasteiger partial charge in [-0.3, -0.25) is 13.9 Å². The Bertz CT molecular complexity index is 1400. The number of anilines is 1. The summed E-state index contributed by atoms with van der Waals surface area (Å²) in [6.07, 6.45) is 4.58. The maximum absolute atomic E-state index is 14.0. The van der Waals surface area contributed by atoms with Gasteiger partial charge in [0.05, 0.1) is 10.6 Å². The molecule has 1 atom stereocenters. The van der Waals surface area contributed by atoms with Gasteiger partial charge in [0.25, 0.3) is 10.0 Å². The first kappa shape index (κ1) is 29.3. The summed E-state index contributed by atoms with van der Waals surface area (Å²) < 4.78 is 29.1. The molecule has 40 heavy (non-hydrogen) atoms. The normalized spacial score (nSPS) is 14.5. The van der Waals surface area contributed by atoms with Crippen molar-refractivity contribution >= 4 is 27.5 Å². The van der Waals surface area contributed by atoms with Gasteiger partial charge in [-0.2, -0.15) is 0 Å². The van der Waals surface area contributed by atoms with E-state index in [1.165, 1.54) is 21.3 Å². The van der Waals surface area contributed by atoms with Crippen LogP contribution in [0, 0.1) is 13.8 Å². The second-order valence-electron chi connectivity index (χ2n) is 10.6. The first-order valence-corrected chi connectivity index (χ1v) is 15.4. The molecule has 0 spiro atoms. The summed E-state index contributed by atoms with van der Waals surface area (Å²) in [6.45, 7) is 5.31. The highest BCUT2D eigenvalue weighted by Gasteiger charge is 2.33. The Morgan fingerprint density at radius 1 is 0.925 bits per heavy atom. The summed E-state index contributed by atoms with van der Waals surface area (Å²) in [5.41, 5.74) is 3.10. The highest BCUT2D eigenvalue weighted by Crippen LogP contribution is 2.28. The molecular weight excluding hydrogens is 522 g/mol. The van der Waals surface area contributed by atoms with E-state index in [-0.39, 0.29) is 23.4 Å². The van der Waals surface area contributed by atoms with Crippen LogP contribution in [0.1, 0.15) is 49.3 Å². The molecule has 0 bridgehead atoms. The third kappa shape index (κ3) is 7.10. The third-order valence-electron chi connectivity index (χ3n) is 7.60. The molecule has 8 heteroatoms. The van der Waals surface area contributed by atoms with E-state index >= 15 is 0 Å². The van der Waals surface area contributed by atoms with Crippen LogP contribution in [0.4, 0.5) is 5.69 Å². The molecule has 0 saturated heterocycles. The van der Waals surface area contributed by atoms with Crippen molar-refractivity contribution in [1.29, 1.82) is 0 Å². The van der Waals surface area contributed by atoms with Crippen LogP contribution in [0.5, 0.6) is 0 Å². The minimum Gasteiger partial charge on any atom is -0.352 e. The van der Waals surface area contributed by atoms with Crippen molar-refractivity contribution in [2.45, 2.75) is 69.9 Å². The number of nitrogens with zero attached hydrogens (tertiary/aromatic N) is 2. The molecule has 1 fully saturated rings. The molecule has 1 unspecified atom stereocenters. The third-order valence-corrected chi connectivity index (χ3v) is 9.37. The lowest BCUT2D eigenvalue weighted by atomic mass is 10.1. The smallest absolute Gasteiger partial charge is 0.264 e. The van der Waals surface area contributed by atoms with E-state index in [2.05, 4.69) is 5.32 Å². The molecule has 1 saturated carbocycles. The molecule has 2 amide bonds. The Balaban J connectivity index is 1.66. The maximum atomic E-state index is 14.0. The summed E-state index contributed by atoms with van der Waals surface area (Å²) in [5.74, 6) is -0.636. The van der Waals surface area contributed by atoms with Gasteiger partial charge >= 0.3 is 0 Å². The molecule has 212 valence electrons. The van der Waals surface area contributed by atoms with Gasteiger partial charge in [-0.25, -0.2) is 8.42 Å². The molecule has 3 aromatic rings. The second kappa shape index (κ2) is 13.1. The topological polar surface area (TPSA) is 86.8 Å². The van der Waals surface area contributed by atoms with Crippen LogP contribution in [0.3, 0.4) is 0 Å². The molecule has 4 rings (SSSR count). The number of carbonyl (C=O) groups excluding carboxylic acids is 2. The number of aryl methyl sites for hydroxylation is 2. The van der Waals surface area contributed by atoms with Crippen LogP contribution in [0.25, 0.3) is 0 Å². The van der Waals surface area contributed by atoms with Crippen molar-refractivity contribution < 1.29 is 18.0 Å². The molecule has 1 aliphatic carbocycles. The zero-order valence-electron chi connectivity index (χ0n) is 23.5. The largest absolute Gasteiger partial charge is 0.352 e. The first-order valence-electron chi connectivity index (χ1n) is 14.0. The van der Waals surface area contributed by atoms with E-state index in [4.69, 9.17) is 0 Å². The van der Waals surface area contributed by atoms with Gasteiger partial charge in [0, 0.05) is 12.6 Å². The van der Waals surface area contributed by atoms with E-state index in [1.807, 2.05) is 56.3 Å². The molecule has 1 aliphatic rings. The monoisotopic (exact) mass is 561 g/mol. The van der Waals surface area contributed by atoms with Crippen LogP contribution in [-0.2, 0) is 26.0 Å². The van der Waals surface area contributed by atoms with Crippen LogP contribution >= 0.6 is 0 Å². The number of carbonyl (C=O) groups is 2. The van der Waals surface area contributed by atoms with Crippen LogP contribution < -0.4 is 9.62 Å². The standard InChI is InChI=1S/C32H39N3O4S/c1-24-18-19-25(2)30(22-24)35(40(38,39)29-16-8-5-9-17-29)23-31(36)34(21-20-27-12-6-4-7-13-27)26(3)32(37)33-28-14-10-11-15-28/h4-9,12-13,16-19,22,26,28H,10-11,14-15,20-21,23H2,1-3H3,(H,33,37). The number of hydrogen-bond acceptors (Lipinski definition) is 4. The SMILES string of the molecule is Cc1ccc(C)c(N(CC(=O)N(CCc2ccccc2)C(C)C(=O)NC2CCCC2)S(=O)(=O)c2ccccc2)c1. The Morgan fingerprint density at radius 2 is 1.55 bits per heavy atom. The molecule has 0 aliphatic heterocycles. The second-order valence-corrected chi connectivity index (χ2v) is 12.5. The molecular formula is C32H39N3O4S. The average Bonchev–Trinajstić information content (AvgIpc) is 3.47. The van der Waals surface area contributed by atoms with E-state index in [9.17, 15) is 18.0 Å². The molecule has 7 nitrogen and oxygen atoms in total. The summed E-state index contributed by atoms with van der Waals surface area (Å²) in [6, 6.07) is 22.8. The van der Waals surface area contributed by atoms with Gasteiger partial charge in [0.2, 0.25) is 11.8 Å². The first-order chi connectivity index (χ1) is 19.2. The fourth-order valence-corrected chi connectivity index (χ4v) is 6.67. The number of hydrogen-bond donors (Lipinski definition) is 1. The van der Waals surface area contributed by atoms with Gasteiger partial charge in [-0.15, -0.1) is 0 Å². The molecule has 0 aromatic heterocycles. The van der Waals surface area contributed by atoms with Crippen molar-refractivity contribution in [3.8, 4) is 0 Å². The summed E-state index contributed by atoms with van der Waals surface area (Å²) in [5, 5.41) is 3.11. The minimum absolute atomic E-state index is 0.103. The predicted octanol–water partition coefficient (Wildman–Crippen LogP) is 5.02. The van der Waals surface area contributed by atoms with E-state index in [1.54, 1.807) is 31.2 Å². The lowest BCUT2D eigenvalue weighted by Crippen LogP contribution is -2.53. The summed E-state index contributed by atoms with van der Waals surface area (Å²) in [7, 11) is -4.07.